The summed E-state index contributed by atoms with van der Waals surface area (Å²) in [5.74, 6) is 0.240. The quantitative estimate of drug-likeness (QED) is 0.551. The number of hydrogen-bond donors (Lipinski definition) is 1. The molecule has 0 aliphatic carbocycles. The molecular weight excluding hydrogens is 140 g/mol. The van der Waals surface area contributed by atoms with E-state index < -0.39 is 14.6 Å². The van der Waals surface area contributed by atoms with Gasteiger partial charge in [0.05, 0.1) is 17.1 Å². The first-order chi connectivity index (χ1) is 4.02. The van der Waals surface area contributed by atoms with Crippen LogP contribution in [-0.2, 0) is 9.84 Å². The first-order valence-corrected chi connectivity index (χ1v) is 4.50. The van der Waals surface area contributed by atoms with E-state index in [4.69, 9.17) is 5.11 Å². The SMILES string of the molecule is CC1(CO)CCS1(=O)=O. The van der Waals surface area contributed by atoms with Crippen molar-refractivity contribution in [2.24, 2.45) is 0 Å². The molecule has 54 valence electrons. The van der Waals surface area contributed by atoms with Crippen LogP contribution in [0.2, 0.25) is 0 Å². The minimum atomic E-state index is -2.92. The van der Waals surface area contributed by atoms with E-state index in [0.717, 1.165) is 0 Å². The van der Waals surface area contributed by atoms with Gasteiger partial charge in [-0.15, -0.1) is 0 Å². The highest BCUT2D eigenvalue weighted by atomic mass is 32.2. The van der Waals surface area contributed by atoms with Crippen molar-refractivity contribution in [3.05, 3.63) is 0 Å². The van der Waals surface area contributed by atoms with Gasteiger partial charge in [-0.25, -0.2) is 8.42 Å². The first-order valence-electron chi connectivity index (χ1n) is 2.85. The molecule has 1 saturated heterocycles. The second-order valence-corrected chi connectivity index (χ2v) is 5.30. The summed E-state index contributed by atoms with van der Waals surface area (Å²) in [6, 6.07) is 0. The highest BCUT2D eigenvalue weighted by molar-refractivity contribution is 7.94. The first kappa shape index (κ1) is 7.02. The molecule has 1 fully saturated rings. The van der Waals surface area contributed by atoms with Crippen LogP contribution in [0.3, 0.4) is 0 Å². The van der Waals surface area contributed by atoms with Gasteiger partial charge in [-0.2, -0.15) is 0 Å². The van der Waals surface area contributed by atoms with Gasteiger partial charge in [0, 0.05) is 0 Å². The molecule has 1 unspecified atom stereocenters. The van der Waals surface area contributed by atoms with Crippen LogP contribution in [-0.4, -0.2) is 30.6 Å². The predicted octanol–water partition coefficient (Wildman–Crippen LogP) is -0.444. The average molecular weight is 150 g/mol. The standard InChI is InChI=1S/C5H10O3S/c1-5(4-6)2-3-9(5,7)8/h6H,2-4H2,1H3. The second kappa shape index (κ2) is 1.70. The van der Waals surface area contributed by atoms with Crippen LogP contribution in [0, 0.1) is 0 Å². The smallest absolute Gasteiger partial charge is 0.158 e. The molecule has 3 nitrogen and oxygen atoms in total. The van der Waals surface area contributed by atoms with Crippen LogP contribution >= 0.6 is 0 Å². The highest BCUT2D eigenvalue weighted by Crippen LogP contribution is 2.32. The zero-order valence-electron chi connectivity index (χ0n) is 5.29. The Labute approximate surface area is 54.6 Å². The van der Waals surface area contributed by atoms with Gasteiger partial charge in [0.25, 0.3) is 0 Å². The summed E-state index contributed by atoms with van der Waals surface area (Å²) in [6.07, 6.45) is 0.603. The normalized spacial score (nSPS) is 39.8. The van der Waals surface area contributed by atoms with Crippen LogP contribution < -0.4 is 0 Å². The van der Waals surface area contributed by atoms with E-state index in [1.807, 2.05) is 0 Å². The van der Waals surface area contributed by atoms with Crippen LogP contribution in [0.1, 0.15) is 13.3 Å². The molecule has 0 aromatic heterocycles. The Kier molecular flexibility index (Phi) is 1.33. The molecule has 1 aliphatic rings. The van der Waals surface area contributed by atoms with Gasteiger partial charge in [0.1, 0.15) is 0 Å². The Balaban J connectivity index is 2.87. The predicted molar refractivity (Wildman–Crippen MR) is 33.9 cm³/mol. The summed E-state index contributed by atoms with van der Waals surface area (Å²) >= 11 is 0. The van der Waals surface area contributed by atoms with Crippen molar-refractivity contribution in [1.82, 2.24) is 0 Å². The molecule has 4 heteroatoms. The molecule has 1 atom stereocenters. The maximum Gasteiger partial charge on any atom is 0.158 e. The van der Waals surface area contributed by atoms with Crippen molar-refractivity contribution in [2.75, 3.05) is 12.4 Å². The summed E-state index contributed by atoms with van der Waals surface area (Å²) in [7, 11) is -2.92. The Morgan fingerprint density at radius 1 is 1.67 bits per heavy atom. The number of rotatable bonds is 1. The van der Waals surface area contributed by atoms with Gasteiger partial charge in [0.15, 0.2) is 9.84 Å². The summed E-state index contributed by atoms with van der Waals surface area (Å²) in [5, 5.41) is 8.60. The van der Waals surface area contributed by atoms with E-state index in [9.17, 15) is 8.42 Å². The molecule has 0 radical (unpaired) electrons. The Morgan fingerprint density at radius 3 is 2.22 bits per heavy atom. The third-order valence-corrected chi connectivity index (χ3v) is 4.56. The molecule has 1 rings (SSSR count). The van der Waals surface area contributed by atoms with Gasteiger partial charge in [0.2, 0.25) is 0 Å². The summed E-state index contributed by atoms with van der Waals surface area (Å²) in [5.41, 5.74) is 0. The molecule has 0 amide bonds. The Bertz CT molecular complexity index is 202. The van der Waals surface area contributed by atoms with E-state index in [-0.39, 0.29) is 12.4 Å². The molecule has 0 aromatic carbocycles. The highest BCUT2D eigenvalue weighted by Gasteiger charge is 2.47. The monoisotopic (exact) mass is 150 g/mol. The number of sulfone groups is 1. The fraction of sp³-hybridized carbons (Fsp3) is 1.00. The van der Waals surface area contributed by atoms with Gasteiger partial charge < -0.3 is 5.11 Å². The minimum Gasteiger partial charge on any atom is -0.395 e. The van der Waals surface area contributed by atoms with E-state index in [1.54, 1.807) is 6.92 Å². The van der Waals surface area contributed by atoms with Crippen LogP contribution in [0.4, 0.5) is 0 Å². The van der Waals surface area contributed by atoms with Crippen molar-refractivity contribution >= 4 is 9.84 Å². The minimum absolute atomic E-state index is 0.240. The number of aliphatic hydroxyl groups is 1. The Morgan fingerprint density at radius 2 is 2.22 bits per heavy atom. The summed E-state index contributed by atoms with van der Waals surface area (Å²) in [6.45, 7) is 1.33. The zero-order valence-corrected chi connectivity index (χ0v) is 6.11. The zero-order chi connectivity index (χ0) is 7.12. The molecular formula is C5H10O3S. The Hall–Kier alpha value is -0.0900. The van der Waals surface area contributed by atoms with Crippen LogP contribution in [0.5, 0.6) is 0 Å². The summed E-state index contributed by atoms with van der Waals surface area (Å²) in [4.78, 5) is 0. The largest absolute Gasteiger partial charge is 0.395 e. The van der Waals surface area contributed by atoms with Crippen molar-refractivity contribution in [2.45, 2.75) is 18.1 Å². The lowest BCUT2D eigenvalue weighted by atomic mass is 10.1. The van der Waals surface area contributed by atoms with Gasteiger partial charge >= 0.3 is 0 Å². The third-order valence-electron chi connectivity index (χ3n) is 1.98. The topological polar surface area (TPSA) is 54.4 Å². The van der Waals surface area contributed by atoms with Crippen molar-refractivity contribution in [3.8, 4) is 0 Å². The van der Waals surface area contributed by atoms with Gasteiger partial charge in [-0.1, -0.05) is 0 Å². The van der Waals surface area contributed by atoms with Crippen LogP contribution in [0.15, 0.2) is 0 Å². The molecule has 1 heterocycles. The van der Waals surface area contributed by atoms with E-state index in [2.05, 4.69) is 0 Å². The fourth-order valence-electron chi connectivity index (χ4n) is 0.795. The van der Waals surface area contributed by atoms with Gasteiger partial charge in [-0.3, -0.25) is 0 Å². The number of aliphatic hydroxyl groups excluding tert-OH is 1. The molecule has 0 saturated carbocycles. The molecule has 0 spiro atoms. The molecule has 1 aliphatic heterocycles. The second-order valence-electron chi connectivity index (χ2n) is 2.68. The lowest BCUT2D eigenvalue weighted by molar-refractivity contribution is 0.235. The fourth-order valence-corrected chi connectivity index (χ4v) is 2.23. The lowest BCUT2D eigenvalue weighted by Gasteiger charge is -2.35. The van der Waals surface area contributed by atoms with Crippen LogP contribution in [0.25, 0.3) is 0 Å². The van der Waals surface area contributed by atoms with E-state index >= 15 is 0 Å². The van der Waals surface area contributed by atoms with Crippen molar-refractivity contribution < 1.29 is 13.5 Å². The van der Waals surface area contributed by atoms with Gasteiger partial charge in [-0.05, 0) is 13.3 Å². The number of hydrogen-bond acceptors (Lipinski definition) is 3. The van der Waals surface area contributed by atoms with E-state index in [0.29, 0.717) is 6.42 Å². The third kappa shape index (κ3) is 0.773. The van der Waals surface area contributed by atoms with Crippen molar-refractivity contribution in [1.29, 1.82) is 0 Å². The molecule has 9 heavy (non-hydrogen) atoms. The maximum absolute atomic E-state index is 10.8. The lowest BCUT2D eigenvalue weighted by Crippen LogP contribution is -2.51. The van der Waals surface area contributed by atoms with E-state index in [1.165, 1.54) is 0 Å². The van der Waals surface area contributed by atoms with Crippen molar-refractivity contribution in [3.63, 3.8) is 0 Å². The maximum atomic E-state index is 10.8. The average Bonchev–Trinajstić information content (AvgIpc) is 1.84. The molecule has 1 N–H and O–H groups in total. The molecule has 0 aromatic rings. The molecule has 0 bridgehead atoms. The summed E-state index contributed by atoms with van der Waals surface area (Å²) < 4.78 is 20.8.